The van der Waals surface area contributed by atoms with E-state index < -0.39 is 5.97 Å². The van der Waals surface area contributed by atoms with E-state index in [1.807, 2.05) is 47.3 Å². The van der Waals surface area contributed by atoms with Gasteiger partial charge in [-0.15, -0.1) is 0 Å². The van der Waals surface area contributed by atoms with Gasteiger partial charge in [0.15, 0.2) is 0 Å². The van der Waals surface area contributed by atoms with E-state index in [0.717, 1.165) is 15.7 Å². The van der Waals surface area contributed by atoms with Crippen LogP contribution in [0.1, 0.15) is 12.5 Å². The molecule has 0 radical (unpaired) electrons. The Morgan fingerprint density at radius 2 is 2.06 bits per heavy atom. The lowest BCUT2D eigenvalue weighted by molar-refractivity contribution is -0.140. The number of nitrogens with zero attached hydrogens (tertiary/aromatic N) is 2. The first-order chi connectivity index (χ1) is 8.65. The van der Waals surface area contributed by atoms with Crippen LogP contribution < -0.4 is 0 Å². The van der Waals surface area contributed by atoms with Crippen molar-refractivity contribution in [1.82, 2.24) is 4.57 Å². The molecule has 0 saturated carbocycles. The first-order valence-corrected chi connectivity index (χ1v) is 6.09. The van der Waals surface area contributed by atoms with Crippen LogP contribution in [0.4, 0.5) is 0 Å². The highest BCUT2D eigenvalue weighted by Crippen LogP contribution is 2.14. The van der Waals surface area contributed by atoms with Crippen molar-refractivity contribution in [3.63, 3.8) is 0 Å². The molecule has 4 nitrogen and oxygen atoms in total. The van der Waals surface area contributed by atoms with Crippen LogP contribution in [0.25, 0.3) is 5.69 Å². The fraction of sp³-hybridized carbons (Fsp3) is 0.0769. The Labute approximate surface area is 113 Å². The number of carbonyl (C=O) groups is 1. The van der Waals surface area contributed by atoms with Crippen LogP contribution in [0.2, 0.25) is 0 Å². The molecule has 0 amide bonds. The van der Waals surface area contributed by atoms with Crippen LogP contribution >= 0.6 is 15.9 Å². The Kier molecular flexibility index (Phi) is 3.94. The lowest BCUT2D eigenvalue weighted by Gasteiger charge is -2.01. The second kappa shape index (κ2) is 5.64. The van der Waals surface area contributed by atoms with Crippen molar-refractivity contribution in [2.24, 2.45) is 5.16 Å². The SMILES string of the molecule is CC(=O)O/N=C\c1ccn(-c2ccc(Br)cc2)c1. The Morgan fingerprint density at radius 1 is 1.33 bits per heavy atom. The summed E-state index contributed by atoms with van der Waals surface area (Å²) in [6.45, 7) is 1.31. The van der Waals surface area contributed by atoms with Gasteiger partial charge in [0.1, 0.15) is 0 Å². The van der Waals surface area contributed by atoms with E-state index in [0.29, 0.717) is 0 Å². The van der Waals surface area contributed by atoms with Gasteiger partial charge < -0.3 is 9.40 Å². The highest BCUT2D eigenvalue weighted by Gasteiger charge is 1.98. The van der Waals surface area contributed by atoms with E-state index in [9.17, 15) is 4.79 Å². The lowest BCUT2D eigenvalue weighted by Crippen LogP contribution is -1.91. The third kappa shape index (κ3) is 3.30. The largest absolute Gasteiger partial charge is 0.331 e. The molecule has 1 heterocycles. The minimum Gasteiger partial charge on any atom is -0.323 e. The summed E-state index contributed by atoms with van der Waals surface area (Å²) in [5, 5.41) is 3.57. The molecule has 1 aromatic heterocycles. The second-order valence-electron chi connectivity index (χ2n) is 3.65. The molecule has 0 aliphatic carbocycles. The van der Waals surface area contributed by atoms with Crippen molar-refractivity contribution in [3.8, 4) is 5.69 Å². The number of carbonyl (C=O) groups excluding carboxylic acids is 1. The van der Waals surface area contributed by atoms with Gasteiger partial charge in [0.2, 0.25) is 0 Å². The van der Waals surface area contributed by atoms with Gasteiger partial charge in [-0.25, -0.2) is 4.79 Å². The second-order valence-corrected chi connectivity index (χ2v) is 4.56. The summed E-state index contributed by atoms with van der Waals surface area (Å²) in [5.74, 6) is -0.432. The van der Waals surface area contributed by atoms with Gasteiger partial charge in [-0.3, -0.25) is 0 Å². The highest BCUT2D eigenvalue weighted by molar-refractivity contribution is 9.10. The molecular formula is C13H11BrN2O2. The molecule has 5 heteroatoms. The van der Waals surface area contributed by atoms with Crippen molar-refractivity contribution < 1.29 is 9.63 Å². The van der Waals surface area contributed by atoms with Crippen LogP contribution in [0.15, 0.2) is 52.4 Å². The maximum absolute atomic E-state index is 10.5. The molecule has 0 fully saturated rings. The van der Waals surface area contributed by atoms with E-state index in [1.54, 1.807) is 0 Å². The van der Waals surface area contributed by atoms with Crippen molar-refractivity contribution in [2.75, 3.05) is 0 Å². The maximum Gasteiger partial charge on any atom is 0.331 e. The Balaban J connectivity index is 2.12. The number of rotatable bonds is 3. The smallest absolute Gasteiger partial charge is 0.323 e. The van der Waals surface area contributed by atoms with Crippen molar-refractivity contribution in [3.05, 3.63) is 52.8 Å². The summed E-state index contributed by atoms with van der Waals surface area (Å²) < 4.78 is 3.00. The van der Waals surface area contributed by atoms with E-state index in [2.05, 4.69) is 25.9 Å². The molecule has 0 bridgehead atoms. The third-order valence-electron chi connectivity index (χ3n) is 2.22. The van der Waals surface area contributed by atoms with Crippen LogP contribution in [0.5, 0.6) is 0 Å². The molecule has 0 N–H and O–H groups in total. The molecule has 18 heavy (non-hydrogen) atoms. The molecule has 0 spiro atoms. The fourth-order valence-corrected chi connectivity index (χ4v) is 1.69. The van der Waals surface area contributed by atoms with Crippen LogP contribution in [0, 0.1) is 0 Å². The van der Waals surface area contributed by atoms with E-state index in [-0.39, 0.29) is 0 Å². The predicted molar refractivity (Wildman–Crippen MR) is 72.8 cm³/mol. The molecule has 0 unspecified atom stereocenters. The van der Waals surface area contributed by atoms with Gasteiger partial charge >= 0.3 is 5.97 Å². The number of halogens is 1. The summed E-state index contributed by atoms with van der Waals surface area (Å²) in [6, 6.07) is 9.83. The standard InChI is InChI=1S/C13H11BrN2O2/c1-10(17)18-15-8-11-6-7-16(9-11)13-4-2-12(14)3-5-13/h2-9H,1H3/b15-8-. The number of hydrogen-bond acceptors (Lipinski definition) is 3. The molecule has 0 saturated heterocycles. The van der Waals surface area contributed by atoms with Crippen LogP contribution in [-0.2, 0) is 9.63 Å². The fourth-order valence-electron chi connectivity index (χ4n) is 1.42. The Hall–Kier alpha value is -1.88. The van der Waals surface area contributed by atoms with Gasteiger partial charge in [-0.2, -0.15) is 0 Å². The number of hydrogen-bond donors (Lipinski definition) is 0. The van der Waals surface area contributed by atoms with Gasteiger partial charge in [-0.1, -0.05) is 21.1 Å². The van der Waals surface area contributed by atoms with Gasteiger partial charge in [-0.05, 0) is 30.3 Å². The van der Waals surface area contributed by atoms with Gasteiger partial charge in [0.05, 0.1) is 6.21 Å². The minimum absolute atomic E-state index is 0.432. The van der Waals surface area contributed by atoms with Crippen LogP contribution in [-0.4, -0.2) is 16.8 Å². The molecule has 1 aromatic carbocycles. The topological polar surface area (TPSA) is 43.6 Å². The monoisotopic (exact) mass is 306 g/mol. The van der Waals surface area contributed by atoms with Gasteiger partial charge in [0.25, 0.3) is 0 Å². The van der Waals surface area contributed by atoms with E-state index in [1.165, 1.54) is 13.1 Å². The first-order valence-electron chi connectivity index (χ1n) is 5.30. The average molecular weight is 307 g/mol. The summed E-state index contributed by atoms with van der Waals surface area (Å²) >= 11 is 3.39. The normalized spacial score (nSPS) is 10.8. The van der Waals surface area contributed by atoms with Crippen molar-refractivity contribution in [2.45, 2.75) is 6.92 Å². The molecule has 2 aromatic rings. The van der Waals surface area contributed by atoms with Crippen LogP contribution in [0.3, 0.4) is 0 Å². The zero-order chi connectivity index (χ0) is 13.0. The Bertz CT molecular complexity index is 573. The number of aromatic nitrogens is 1. The van der Waals surface area contributed by atoms with E-state index in [4.69, 9.17) is 0 Å². The average Bonchev–Trinajstić information content (AvgIpc) is 2.78. The third-order valence-corrected chi connectivity index (χ3v) is 2.75. The zero-order valence-corrected chi connectivity index (χ0v) is 11.3. The summed E-state index contributed by atoms with van der Waals surface area (Å²) in [4.78, 5) is 15.0. The molecule has 0 aliphatic heterocycles. The predicted octanol–water partition coefficient (Wildman–Crippen LogP) is 3.14. The van der Waals surface area contributed by atoms with Gasteiger partial charge in [0, 0.05) is 35.0 Å². The molecule has 2 rings (SSSR count). The number of benzene rings is 1. The molecule has 0 aliphatic rings. The summed E-state index contributed by atoms with van der Waals surface area (Å²) in [7, 11) is 0. The minimum atomic E-state index is -0.432. The molecular weight excluding hydrogens is 296 g/mol. The Morgan fingerprint density at radius 3 is 2.72 bits per heavy atom. The highest BCUT2D eigenvalue weighted by atomic mass is 79.9. The zero-order valence-electron chi connectivity index (χ0n) is 9.71. The quantitative estimate of drug-likeness (QED) is 0.497. The first kappa shape index (κ1) is 12.6. The summed E-state index contributed by atoms with van der Waals surface area (Å²) in [5.41, 5.74) is 1.91. The number of oxime groups is 1. The molecule has 92 valence electrons. The molecule has 0 atom stereocenters. The summed E-state index contributed by atoms with van der Waals surface area (Å²) in [6.07, 6.45) is 5.31. The van der Waals surface area contributed by atoms with Crippen molar-refractivity contribution in [1.29, 1.82) is 0 Å². The lowest BCUT2D eigenvalue weighted by atomic mass is 10.3. The maximum atomic E-state index is 10.5. The van der Waals surface area contributed by atoms with E-state index >= 15 is 0 Å². The van der Waals surface area contributed by atoms with Crippen molar-refractivity contribution >= 4 is 28.1 Å².